The lowest BCUT2D eigenvalue weighted by Crippen LogP contribution is -2.55. The van der Waals surface area contributed by atoms with Crippen molar-refractivity contribution in [2.24, 2.45) is 11.7 Å². The van der Waals surface area contributed by atoms with E-state index in [-0.39, 0.29) is 5.54 Å². The van der Waals surface area contributed by atoms with E-state index >= 15 is 0 Å². The quantitative estimate of drug-likeness (QED) is 0.746. The van der Waals surface area contributed by atoms with Gasteiger partial charge in [-0.15, -0.1) is 0 Å². The zero-order valence-corrected chi connectivity index (χ0v) is 11.4. The summed E-state index contributed by atoms with van der Waals surface area (Å²) in [6.45, 7) is 13.7. The monoisotopic (exact) mass is 227 g/mol. The minimum absolute atomic E-state index is 0.246. The minimum atomic E-state index is 0.246. The van der Waals surface area contributed by atoms with Gasteiger partial charge in [-0.2, -0.15) is 0 Å². The normalized spacial score (nSPS) is 21.4. The summed E-state index contributed by atoms with van der Waals surface area (Å²) in [6, 6.07) is 0.338. The Morgan fingerprint density at radius 3 is 2.31 bits per heavy atom. The van der Waals surface area contributed by atoms with Gasteiger partial charge in [0.25, 0.3) is 0 Å². The van der Waals surface area contributed by atoms with Crippen LogP contribution in [0.4, 0.5) is 0 Å². The van der Waals surface area contributed by atoms with Crippen molar-refractivity contribution in [3.63, 3.8) is 0 Å². The van der Waals surface area contributed by atoms with E-state index in [2.05, 4.69) is 37.9 Å². The molecule has 0 aromatic rings. The predicted molar refractivity (Wildman–Crippen MR) is 70.6 cm³/mol. The van der Waals surface area contributed by atoms with Crippen LogP contribution in [0.3, 0.4) is 0 Å². The highest BCUT2D eigenvalue weighted by molar-refractivity contribution is 4.88. The van der Waals surface area contributed by atoms with Crippen LogP contribution in [-0.4, -0.2) is 42.7 Å². The Morgan fingerprint density at radius 2 is 1.81 bits per heavy atom. The average molecular weight is 227 g/mol. The molecule has 1 heterocycles. The van der Waals surface area contributed by atoms with E-state index in [1.165, 1.54) is 0 Å². The largest absolute Gasteiger partial charge is 0.328 e. The summed E-state index contributed by atoms with van der Waals surface area (Å²) in [6.07, 6.45) is 2.24. The van der Waals surface area contributed by atoms with Crippen LogP contribution in [0.5, 0.6) is 0 Å². The van der Waals surface area contributed by atoms with Crippen LogP contribution in [0, 0.1) is 5.92 Å². The maximum atomic E-state index is 6.23. The number of nitrogens with one attached hydrogen (secondary N) is 1. The van der Waals surface area contributed by atoms with Crippen molar-refractivity contribution >= 4 is 0 Å². The molecule has 0 bridgehead atoms. The Hall–Kier alpha value is -0.120. The molecule has 0 aromatic heterocycles. The van der Waals surface area contributed by atoms with Crippen molar-refractivity contribution in [3.8, 4) is 0 Å². The molecule has 0 saturated carbocycles. The number of hydrogen-bond acceptors (Lipinski definition) is 3. The molecule has 0 amide bonds. The van der Waals surface area contributed by atoms with Gasteiger partial charge in [0.05, 0.1) is 0 Å². The Bertz CT molecular complexity index is 195. The Labute approximate surface area is 101 Å². The first-order valence-electron chi connectivity index (χ1n) is 6.63. The van der Waals surface area contributed by atoms with Gasteiger partial charge in [-0.1, -0.05) is 13.8 Å². The van der Waals surface area contributed by atoms with Gasteiger partial charge in [0.2, 0.25) is 0 Å². The summed E-state index contributed by atoms with van der Waals surface area (Å²) in [5.41, 5.74) is 6.47. The van der Waals surface area contributed by atoms with Crippen LogP contribution in [0.15, 0.2) is 0 Å². The molecule has 1 atom stereocenters. The number of hydrogen-bond donors (Lipinski definition) is 2. The fourth-order valence-electron chi connectivity index (χ4n) is 2.73. The molecule has 0 spiro atoms. The van der Waals surface area contributed by atoms with E-state index in [0.717, 1.165) is 39.0 Å². The SMILES string of the molecule is CC(C)CC(N)CC(C)(C)N1CCNCC1. The fraction of sp³-hybridized carbons (Fsp3) is 1.00. The van der Waals surface area contributed by atoms with Crippen LogP contribution in [0.1, 0.15) is 40.5 Å². The molecule has 1 rings (SSSR count). The molecule has 16 heavy (non-hydrogen) atoms. The van der Waals surface area contributed by atoms with E-state index in [9.17, 15) is 0 Å². The van der Waals surface area contributed by atoms with E-state index in [0.29, 0.717) is 12.0 Å². The van der Waals surface area contributed by atoms with Gasteiger partial charge < -0.3 is 11.1 Å². The van der Waals surface area contributed by atoms with Crippen LogP contribution in [0.2, 0.25) is 0 Å². The van der Waals surface area contributed by atoms with Gasteiger partial charge in [0.1, 0.15) is 0 Å². The van der Waals surface area contributed by atoms with Gasteiger partial charge >= 0.3 is 0 Å². The molecule has 3 heteroatoms. The molecule has 1 saturated heterocycles. The minimum Gasteiger partial charge on any atom is -0.328 e. The molecule has 1 aliphatic heterocycles. The lowest BCUT2D eigenvalue weighted by molar-refractivity contribution is 0.0873. The summed E-state index contributed by atoms with van der Waals surface area (Å²) in [4.78, 5) is 2.57. The summed E-state index contributed by atoms with van der Waals surface area (Å²) in [7, 11) is 0. The molecule has 0 aliphatic carbocycles. The zero-order valence-electron chi connectivity index (χ0n) is 11.4. The Balaban J connectivity index is 2.42. The molecule has 3 nitrogen and oxygen atoms in total. The van der Waals surface area contributed by atoms with Crippen molar-refractivity contribution in [3.05, 3.63) is 0 Å². The maximum Gasteiger partial charge on any atom is 0.0169 e. The fourth-order valence-corrected chi connectivity index (χ4v) is 2.73. The van der Waals surface area contributed by atoms with E-state index in [4.69, 9.17) is 5.73 Å². The summed E-state index contributed by atoms with van der Waals surface area (Å²) < 4.78 is 0. The molecule has 0 radical (unpaired) electrons. The average Bonchev–Trinajstić information content (AvgIpc) is 2.16. The van der Waals surface area contributed by atoms with Crippen LogP contribution < -0.4 is 11.1 Å². The first-order valence-corrected chi connectivity index (χ1v) is 6.63. The molecule has 0 aromatic carbocycles. The highest BCUT2D eigenvalue weighted by Gasteiger charge is 2.29. The third-order valence-electron chi connectivity index (χ3n) is 3.51. The summed E-state index contributed by atoms with van der Waals surface area (Å²) in [5, 5.41) is 3.40. The highest BCUT2D eigenvalue weighted by atomic mass is 15.2. The van der Waals surface area contributed by atoms with Gasteiger partial charge in [-0.3, -0.25) is 4.90 Å². The van der Waals surface area contributed by atoms with Gasteiger partial charge in [0.15, 0.2) is 0 Å². The molecule has 96 valence electrons. The number of nitrogens with two attached hydrogens (primary N) is 1. The van der Waals surface area contributed by atoms with E-state index in [1.54, 1.807) is 0 Å². The standard InChI is InChI=1S/C13H29N3/c1-11(2)9-12(14)10-13(3,4)16-7-5-15-6-8-16/h11-12,15H,5-10,14H2,1-4H3. The van der Waals surface area contributed by atoms with Gasteiger partial charge in [-0.05, 0) is 32.6 Å². The van der Waals surface area contributed by atoms with E-state index in [1.807, 2.05) is 0 Å². The Kier molecular flexibility index (Phi) is 5.22. The number of nitrogens with zero attached hydrogens (tertiary/aromatic N) is 1. The second-order valence-corrected chi connectivity index (χ2v) is 6.14. The van der Waals surface area contributed by atoms with Crippen LogP contribution in [-0.2, 0) is 0 Å². The highest BCUT2D eigenvalue weighted by Crippen LogP contribution is 2.22. The van der Waals surface area contributed by atoms with Crippen molar-refractivity contribution in [2.45, 2.75) is 52.1 Å². The van der Waals surface area contributed by atoms with Crippen molar-refractivity contribution < 1.29 is 0 Å². The maximum absolute atomic E-state index is 6.23. The zero-order chi connectivity index (χ0) is 12.2. The van der Waals surface area contributed by atoms with E-state index < -0.39 is 0 Å². The number of rotatable bonds is 5. The summed E-state index contributed by atoms with van der Waals surface area (Å²) >= 11 is 0. The lowest BCUT2D eigenvalue weighted by Gasteiger charge is -2.42. The molecule has 1 aliphatic rings. The molecule has 1 unspecified atom stereocenters. The first kappa shape index (κ1) is 13.9. The topological polar surface area (TPSA) is 41.3 Å². The molecular weight excluding hydrogens is 198 g/mol. The lowest BCUT2D eigenvalue weighted by atomic mass is 9.89. The predicted octanol–water partition coefficient (Wildman–Crippen LogP) is 1.43. The van der Waals surface area contributed by atoms with Crippen LogP contribution in [0.25, 0.3) is 0 Å². The Morgan fingerprint density at radius 1 is 1.25 bits per heavy atom. The van der Waals surface area contributed by atoms with Gasteiger partial charge in [-0.25, -0.2) is 0 Å². The van der Waals surface area contributed by atoms with Crippen molar-refractivity contribution in [1.29, 1.82) is 0 Å². The molecule has 3 N–H and O–H groups in total. The number of piperazine rings is 1. The van der Waals surface area contributed by atoms with Gasteiger partial charge in [0, 0.05) is 37.8 Å². The van der Waals surface area contributed by atoms with Crippen molar-refractivity contribution in [2.75, 3.05) is 26.2 Å². The third kappa shape index (κ3) is 4.40. The first-order chi connectivity index (χ1) is 7.42. The van der Waals surface area contributed by atoms with Crippen LogP contribution >= 0.6 is 0 Å². The smallest absolute Gasteiger partial charge is 0.0169 e. The second kappa shape index (κ2) is 5.99. The van der Waals surface area contributed by atoms with Crippen molar-refractivity contribution in [1.82, 2.24) is 10.2 Å². The third-order valence-corrected chi connectivity index (χ3v) is 3.51. The molecular formula is C13H29N3. The molecule has 1 fully saturated rings. The second-order valence-electron chi connectivity index (χ2n) is 6.14. The summed E-state index contributed by atoms with van der Waals surface area (Å²) in [5.74, 6) is 0.703.